The van der Waals surface area contributed by atoms with Crippen LogP contribution in [0.4, 0.5) is 0 Å². The molecular formula is C14H19N3O2S2. The molecular weight excluding hydrogens is 306 g/mol. The molecule has 2 N–H and O–H groups in total. The van der Waals surface area contributed by atoms with E-state index in [0.29, 0.717) is 41.8 Å². The van der Waals surface area contributed by atoms with Crippen LogP contribution in [0.1, 0.15) is 25.8 Å². The van der Waals surface area contributed by atoms with Crippen molar-refractivity contribution in [3.8, 4) is 0 Å². The maximum Gasteiger partial charge on any atom is 0.285 e. The van der Waals surface area contributed by atoms with Gasteiger partial charge in [0.05, 0.1) is 4.99 Å². The van der Waals surface area contributed by atoms with Crippen LogP contribution in [0.5, 0.6) is 0 Å². The van der Waals surface area contributed by atoms with E-state index in [2.05, 4.69) is 18.2 Å². The summed E-state index contributed by atoms with van der Waals surface area (Å²) in [6.07, 6.45) is 0.531. The predicted octanol–water partition coefficient (Wildman–Crippen LogP) is 1.77. The number of rotatable bonds is 5. The maximum absolute atomic E-state index is 12.1. The minimum Gasteiger partial charge on any atom is -0.393 e. The molecule has 0 saturated carbocycles. The van der Waals surface area contributed by atoms with E-state index < -0.39 is 10.0 Å². The Hall–Kier alpha value is -1.47. The summed E-state index contributed by atoms with van der Waals surface area (Å²) in [5.74, 6) is 0.866. The van der Waals surface area contributed by atoms with E-state index in [-0.39, 0.29) is 4.90 Å². The highest BCUT2D eigenvalue weighted by Crippen LogP contribution is 2.27. The molecule has 0 aliphatic carbocycles. The average molecular weight is 325 g/mol. The van der Waals surface area contributed by atoms with Gasteiger partial charge >= 0.3 is 0 Å². The Labute approximate surface area is 130 Å². The Morgan fingerprint density at radius 1 is 1.38 bits per heavy atom. The molecule has 1 aliphatic heterocycles. The van der Waals surface area contributed by atoms with Crippen LogP contribution in [0.2, 0.25) is 0 Å². The van der Waals surface area contributed by atoms with Gasteiger partial charge in [0.25, 0.3) is 10.0 Å². The highest BCUT2D eigenvalue weighted by Gasteiger charge is 2.31. The number of thiocarbonyl (C=S) groups is 1. The van der Waals surface area contributed by atoms with E-state index in [1.165, 1.54) is 0 Å². The third-order valence-corrected chi connectivity index (χ3v) is 4.65. The van der Waals surface area contributed by atoms with Crippen molar-refractivity contribution in [3.63, 3.8) is 0 Å². The van der Waals surface area contributed by atoms with Gasteiger partial charge < -0.3 is 10.6 Å². The van der Waals surface area contributed by atoms with E-state index in [9.17, 15) is 8.42 Å². The van der Waals surface area contributed by atoms with Crippen molar-refractivity contribution in [2.75, 3.05) is 13.1 Å². The highest BCUT2D eigenvalue weighted by molar-refractivity contribution is 7.90. The van der Waals surface area contributed by atoms with E-state index in [1.807, 2.05) is 11.0 Å². The van der Waals surface area contributed by atoms with Gasteiger partial charge in [0.2, 0.25) is 0 Å². The van der Waals surface area contributed by atoms with Crippen molar-refractivity contribution in [2.24, 2.45) is 16.0 Å². The standard InChI is InChI=1S/C14H19N3O2S2/c1-10(2)9-17(8-7-13(15)20)14-11-5-3-4-6-12(11)21(18,19)16-14/h3-6,10H,7-9H2,1-2H3,(H2,15,20). The number of nitrogens with two attached hydrogens (primary N) is 1. The maximum atomic E-state index is 12.1. The molecule has 0 atom stereocenters. The molecule has 0 aromatic heterocycles. The number of benzene rings is 1. The molecule has 0 bridgehead atoms. The van der Waals surface area contributed by atoms with Crippen molar-refractivity contribution in [1.29, 1.82) is 0 Å². The second-order valence-corrected chi connectivity index (χ2v) is 7.54. The van der Waals surface area contributed by atoms with Crippen LogP contribution in [0.15, 0.2) is 33.6 Å². The van der Waals surface area contributed by atoms with Gasteiger partial charge in [-0.05, 0) is 18.1 Å². The fourth-order valence-corrected chi connectivity index (χ4v) is 3.61. The Morgan fingerprint density at radius 2 is 2.05 bits per heavy atom. The van der Waals surface area contributed by atoms with Crippen molar-refractivity contribution in [3.05, 3.63) is 29.8 Å². The molecule has 7 heteroatoms. The fraction of sp³-hybridized carbons (Fsp3) is 0.429. The highest BCUT2D eigenvalue weighted by atomic mass is 32.2. The molecule has 0 fully saturated rings. The van der Waals surface area contributed by atoms with Crippen LogP contribution in [0, 0.1) is 5.92 Å². The average Bonchev–Trinajstić information content (AvgIpc) is 2.67. The van der Waals surface area contributed by atoms with Crippen LogP contribution >= 0.6 is 12.2 Å². The fourth-order valence-electron chi connectivity index (χ4n) is 2.29. The Bertz CT molecular complexity index is 681. The monoisotopic (exact) mass is 325 g/mol. The van der Waals surface area contributed by atoms with Crippen molar-refractivity contribution < 1.29 is 8.42 Å². The summed E-state index contributed by atoms with van der Waals surface area (Å²) >= 11 is 4.92. The molecule has 0 spiro atoms. The summed E-state index contributed by atoms with van der Waals surface area (Å²) < 4.78 is 28.2. The quantitative estimate of drug-likeness (QED) is 0.835. The smallest absolute Gasteiger partial charge is 0.285 e. The Morgan fingerprint density at radius 3 is 2.67 bits per heavy atom. The summed E-state index contributed by atoms with van der Waals surface area (Å²) in [4.78, 5) is 2.63. The van der Waals surface area contributed by atoms with Gasteiger partial charge in [-0.1, -0.05) is 38.2 Å². The summed E-state index contributed by atoms with van der Waals surface area (Å²) in [7, 11) is -3.59. The summed E-state index contributed by atoms with van der Waals surface area (Å²) in [6, 6.07) is 6.89. The van der Waals surface area contributed by atoms with Gasteiger partial charge in [0, 0.05) is 25.1 Å². The number of hydrogen-bond donors (Lipinski definition) is 1. The third-order valence-electron chi connectivity index (χ3n) is 3.13. The van der Waals surface area contributed by atoms with E-state index >= 15 is 0 Å². The second-order valence-electron chi connectivity index (χ2n) is 5.44. The zero-order valence-electron chi connectivity index (χ0n) is 12.1. The first-order valence-electron chi connectivity index (χ1n) is 6.79. The van der Waals surface area contributed by atoms with Gasteiger partial charge in [0.15, 0.2) is 5.84 Å². The third kappa shape index (κ3) is 3.59. The van der Waals surface area contributed by atoms with Crippen molar-refractivity contribution >= 4 is 33.1 Å². The lowest BCUT2D eigenvalue weighted by Crippen LogP contribution is -2.36. The first kappa shape index (κ1) is 15.9. The molecule has 0 saturated heterocycles. The van der Waals surface area contributed by atoms with Crippen LogP contribution in [0.25, 0.3) is 0 Å². The SMILES string of the molecule is CC(C)CN(CCC(N)=S)C1=NS(=O)(=O)c2ccccc21. The normalized spacial score (nSPS) is 15.7. The van der Waals surface area contributed by atoms with Crippen LogP contribution in [-0.2, 0) is 10.0 Å². The van der Waals surface area contributed by atoms with Crippen molar-refractivity contribution in [2.45, 2.75) is 25.2 Å². The van der Waals surface area contributed by atoms with Crippen LogP contribution in [-0.4, -0.2) is 37.2 Å². The number of nitrogens with zero attached hydrogens (tertiary/aromatic N) is 2. The van der Waals surface area contributed by atoms with Gasteiger partial charge in [-0.3, -0.25) is 0 Å². The Balaban J connectivity index is 2.38. The first-order chi connectivity index (χ1) is 9.81. The number of amidine groups is 1. The van der Waals surface area contributed by atoms with Crippen molar-refractivity contribution in [1.82, 2.24) is 4.90 Å². The zero-order valence-corrected chi connectivity index (χ0v) is 13.7. The molecule has 2 rings (SSSR count). The number of fused-ring (bicyclic) bond motifs is 1. The minimum absolute atomic E-state index is 0.268. The topological polar surface area (TPSA) is 75.8 Å². The lowest BCUT2D eigenvalue weighted by Gasteiger charge is -2.26. The summed E-state index contributed by atoms with van der Waals surface area (Å²) in [5.41, 5.74) is 6.22. The molecule has 1 aromatic rings. The number of hydrogen-bond acceptors (Lipinski definition) is 4. The lowest BCUT2D eigenvalue weighted by atomic mass is 10.1. The molecule has 1 heterocycles. The van der Waals surface area contributed by atoms with E-state index in [0.717, 1.165) is 0 Å². The summed E-state index contributed by atoms with van der Waals surface area (Å²) in [6.45, 7) is 5.41. The molecule has 5 nitrogen and oxygen atoms in total. The van der Waals surface area contributed by atoms with E-state index in [4.69, 9.17) is 18.0 Å². The number of sulfonamides is 1. The molecule has 0 radical (unpaired) electrons. The van der Waals surface area contributed by atoms with Gasteiger partial charge in [-0.25, -0.2) is 0 Å². The minimum atomic E-state index is -3.59. The first-order valence-corrected chi connectivity index (χ1v) is 8.63. The molecule has 0 amide bonds. The molecule has 114 valence electrons. The van der Waals surface area contributed by atoms with Crippen LogP contribution in [0.3, 0.4) is 0 Å². The van der Waals surface area contributed by atoms with Gasteiger partial charge in [-0.2, -0.15) is 8.42 Å². The predicted molar refractivity (Wildman–Crippen MR) is 88.0 cm³/mol. The van der Waals surface area contributed by atoms with Crippen LogP contribution < -0.4 is 5.73 Å². The largest absolute Gasteiger partial charge is 0.393 e. The molecule has 21 heavy (non-hydrogen) atoms. The molecule has 0 unspecified atom stereocenters. The van der Waals surface area contributed by atoms with Gasteiger partial charge in [-0.15, -0.1) is 4.40 Å². The zero-order chi connectivity index (χ0) is 15.6. The lowest BCUT2D eigenvalue weighted by molar-refractivity contribution is 0.375. The second kappa shape index (κ2) is 6.11. The molecule has 1 aliphatic rings. The summed E-state index contributed by atoms with van der Waals surface area (Å²) in [5, 5.41) is 0. The Kier molecular flexibility index (Phi) is 4.63. The molecule has 1 aromatic carbocycles. The van der Waals surface area contributed by atoms with Gasteiger partial charge in [0.1, 0.15) is 4.90 Å². The van der Waals surface area contributed by atoms with E-state index in [1.54, 1.807) is 18.2 Å².